The largest absolute Gasteiger partial charge is 0.328 e. The highest BCUT2D eigenvalue weighted by atomic mass is 32.1. The van der Waals surface area contributed by atoms with Crippen molar-refractivity contribution in [2.45, 2.75) is 20.0 Å². The van der Waals surface area contributed by atoms with Crippen molar-refractivity contribution in [2.24, 2.45) is 0 Å². The molecule has 1 aromatic carbocycles. The van der Waals surface area contributed by atoms with Gasteiger partial charge in [0.05, 0.1) is 23.8 Å². The van der Waals surface area contributed by atoms with Gasteiger partial charge < -0.3 is 4.90 Å². The molecular formula is C19H18N2OS2. The second kappa shape index (κ2) is 7.55. The Kier molecular flexibility index (Phi) is 5.23. The molecule has 0 saturated heterocycles. The summed E-state index contributed by atoms with van der Waals surface area (Å²) in [6.45, 7) is 6.66. The van der Waals surface area contributed by atoms with Crippen molar-refractivity contribution in [3.8, 4) is 10.4 Å². The average Bonchev–Trinajstić information content (AvgIpc) is 3.23. The number of carbonyl (C=O) groups is 1. The number of thiazole rings is 1. The van der Waals surface area contributed by atoms with Gasteiger partial charge in [0, 0.05) is 15.1 Å². The molecule has 0 bridgehead atoms. The summed E-state index contributed by atoms with van der Waals surface area (Å²) in [5.41, 5.74) is 2.12. The summed E-state index contributed by atoms with van der Waals surface area (Å²) in [5, 5.41) is 3.01. The van der Waals surface area contributed by atoms with E-state index in [-0.39, 0.29) is 5.91 Å². The fourth-order valence-electron chi connectivity index (χ4n) is 2.43. The molecule has 0 saturated carbocycles. The van der Waals surface area contributed by atoms with E-state index >= 15 is 0 Å². The molecule has 2 aromatic heterocycles. The topological polar surface area (TPSA) is 33.2 Å². The molecule has 3 rings (SSSR count). The van der Waals surface area contributed by atoms with Gasteiger partial charge >= 0.3 is 0 Å². The number of aryl methyl sites for hydroxylation is 1. The van der Waals surface area contributed by atoms with Crippen LogP contribution in [0.15, 0.2) is 60.5 Å². The third kappa shape index (κ3) is 3.99. The predicted octanol–water partition coefficient (Wildman–Crippen LogP) is 4.89. The maximum Gasteiger partial charge on any atom is 0.246 e. The minimum atomic E-state index is -0.0738. The van der Waals surface area contributed by atoms with Crippen LogP contribution >= 0.6 is 22.7 Å². The molecule has 0 aliphatic carbocycles. The van der Waals surface area contributed by atoms with E-state index < -0.39 is 0 Å². The number of benzene rings is 1. The first kappa shape index (κ1) is 16.6. The van der Waals surface area contributed by atoms with Crippen molar-refractivity contribution < 1.29 is 4.79 Å². The van der Waals surface area contributed by atoms with E-state index in [9.17, 15) is 4.79 Å². The minimum absolute atomic E-state index is 0.0738. The number of thiophene rings is 1. The molecule has 0 fully saturated rings. The normalized spacial score (nSPS) is 10.5. The molecule has 0 unspecified atom stereocenters. The van der Waals surface area contributed by atoms with Crippen LogP contribution in [-0.4, -0.2) is 15.8 Å². The first-order valence-electron chi connectivity index (χ1n) is 7.62. The number of hydrogen-bond donors (Lipinski definition) is 0. The second-order valence-electron chi connectivity index (χ2n) is 5.39. The molecule has 0 spiro atoms. The predicted molar refractivity (Wildman–Crippen MR) is 101 cm³/mol. The molecule has 1 amide bonds. The van der Waals surface area contributed by atoms with Crippen LogP contribution in [-0.2, 0) is 17.9 Å². The Morgan fingerprint density at radius 1 is 1.21 bits per heavy atom. The van der Waals surface area contributed by atoms with Crippen LogP contribution in [0.1, 0.15) is 15.6 Å². The van der Waals surface area contributed by atoms with E-state index in [1.807, 2.05) is 30.5 Å². The van der Waals surface area contributed by atoms with Crippen LogP contribution in [0.3, 0.4) is 0 Å². The van der Waals surface area contributed by atoms with E-state index in [0.717, 1.165) is 15.6 Å². The van der Waals surface area contributed by atoms with Crippen molar-refractivity contribution in [1.29, 1.82) is 0 Å². The van der Waals surface area contributed by atoms with E-state index in [1.165, 1.54) is 16.5 Å². The fourth-order valence-corrected chi connectivity index (χ4v) is 4.06. The Labute approximate surface area is 149 Å². The molecule has 0 N–H and O–H groups in total. The van der Waals surface area contributed by atoms with E-state index in [1.54, 1.807) is 27.6 Å². The molecule has 0 aliphatic heterocycles. The molecule has 0 atom stereocenters. The molecule has 2 heterocycles. The van der Waals surface area contributed by atoms with Gasteiger partial charge in [0.15, 0.2) is 0 Å². The number of aromatic nitrogens is 1. The Morgan fingerprint density at radius 3 is 2.67 bits per heavy atom. The molecule has 0 radical (unpaired) electrons. The van der Waals surface area contributed by atoms with Gasteiger partial charge in [0.25, 0.3) is 0 Å². The lowest BCUT2D eigenvalue weighted by molar-refractivity contribution is -0.127. The van der Waals surface area contributed by atoms with Gasteiger partial charge in [0.2, 0.25) is 5.91 Å². The number of rotatable bonds is 6. The first-order valence-corrected chi connectivity index (χ1v) is 9.32. The van der Waals surface area contributed by atoms with Gasteiger partial charge in [-0.15, -0.1) is 22.7 Å². The summed E-state index contributed by atoms with van der Waals surface area (Å²) in [4.78, 5) is 20.8. The number of amides is 1. The van der Waals surface area contributed by atoms with Crippen molar-refractivity contribution in [2.75, 3.05) is 0 Å². The lowest BCUT2D eigenvalue weighted by Crippen LogP contribution is -2.28. The van der Waals surface area contributed by atoms with Crippen LogP contribution in [0.2, 0.25) is 0 Å². The molecule has 0 aliphatic rings. The van der Waals surface area contributed by atoms with Gasteiger partial charge in [-0.25, -0.2) is 4.98 Å². The summed E-state index contributed by atoms with van der Waals surface area (Å²) >= 11 is 3.31. The van der Waals surface area contributed by atoms with Crippen LogP contribution in [0.5, 0.6) is 0 Å². The third-order valence-corrected chi connectivity index (χ3v) is 5.51. The molecular weight excluding hydrogens is 336 g/mol. The maximum absolute atomic E-state index is 12.2. The Bertz CT molecular complexity index is 836. The van der Waals surface area contributed by atoms with Crippen molar-refractivity contribution in [1.82, 2.24) is 9.88 Å². The smallest absolute Gasteiger partial charge is 0.246 e. The van der Waals surface area contributed by atoms with E-state index in [4.69, 9.17) is 0 Å². The van der Waals surface area contributed by atoms with Crippen LogP contribution < -0.4 is 0 Å². The highest BCUT2D eigenvalue weighted by molar-refractivity contribution is 7.15. The first-order chi connectivity index (χ1) is 11.7. The monoisotopic (exact) mass is 354 g/mol. The number of carbonyl (C=O) groups excluding carboxylic acids is 1. The zero-order valence-corrected chi connectivity index (χ0v) is 15.1. The number of nitrogens with zero attached hydrogens (tertiary/aromatic N) is 2. The molecule has 122 valence electrons. The third-order valence-electron chi connectivity index (χ3n) is 3.57. The highest BCUT2D eigenvalue weighted by Gasteiger charge is 2.15. The van der Waals surface area contributed by atoms with E-state index in [2.05, 4.69) is 35.8 Å². The summed E-state index contributed by atoms with van der Waals surface area (Å²) in [6, 6.07) is 14.5. The second-order valence-corrected chi connectivity index (χ2v) is 7.62. The summed E-state index contributed by atoms with van der Waals surface area (Å²) < 4.78 is 0. The van der Waals surface area contributed by atoms with Crippen molar-refractivity contribution >= 4 is 28.6 Å². The van der Waals surface area contributed by atoms with E-state index in [0.29, 0.717) is 13.1 Å². The standard InChI is InChI=1S/C19H18N2OS2/c1-3-19(22)21(11-16-13-23-14(2)20-16)12-17-9-10-18(24-17)15-7-5-4-6-8-15/h3-10,13H,1,11-12H2,2H3. The molecule has 5 heteroatoms. The zero-order valence-electron chi connectivity index (χ0n) is 13.4. The molecule has 24 heavy (non-hydrogen) atoms. The van der Waals surface area contributed by atoms with Crippen LogP contribution in [0, 0.1) is 6.92 Å². The Balaban J connectivity index is 1.76. The lowest BCUT2D eigenvalue weighted by Gasteiger charge is -2.19. The van der Waals surface area contributed by atoms with Gasteiger partial charge in [0.1, 0.15) is 0 Å². The lowest BCUT2D eigenvalue weighted by atomic mass is 10.2. The summed E-state index contributed by atoms with van der Waals surface area (Å²) in [5.74, 6) is -0.0738. The Hall–Kier alpha value is -2.24. The van der Waals surface area contributed by atoms with Gasteiger partial charge in [-0.1, -0.05) is 36.9 Å². The fraction of sp³-hybridized carbons (Fsp3) is 0.158. The molecule has 3 nitrogen and oxygen atoms in total. The van der Waals surface area contributed by atoms with Crippen LogP contribution in [0.25, 0.3) is 10.4 Å². The quantitative estimate of drug-likeness (QED) is 0.590. The maximum atomic E-state index is 12.2. The minimum Gasteiger partial charge on any atom is -0.328 e. The highest BCUT2D eigenvalue weighted by Crippen LogP contribution is 2.29. The van der Waals surface area contributed by atoms with Crippen molar-refractivity contribution in [3.63, 3.8) is 0 Å². The van der Waals surface area contributed by atoms with Gasteiger partial charge in [-0.2, -0.15) is 0 Å². The zero-order chi connectivity index (χ0) is 16.9. The average molecular weight is 354 g/mol. The number of hydrogen-bond acceptors (Lipinski definition) is 4. The van der Waals surface area contributed by atoms with Gasteiger partial charge in [-0.3, -0.25) is 4.79 Å². The van der Waals surface area contributed by atoms with Crippen molar-refractivity contribution in [3.05, 3.63) is 76.1 Å². The van der Waals surface area contributed by atoms with Crippen LogP contribution in [0.4, 0.5) is 0 Å². The van der Waals surface area contributed by atoms with Gasteiger partial charge in [-0.05, 0) is 30.7 Å². The molecule has 3 aromatic rings. The summed E-state index contributed by atoms with van der Waals surface area (Å²) in [7, 11) is 0. The summed E-state index contributed by atoms with van der Waals surface area (Å²) in [6.07, 6.45) is 1.37. The SMILES string of the molecule is C=CC(=O)N(Cc1csc(C)n1)Cc1ccc(-c2ccccc2)s1. The Morgan fingerprint density at radius 2 is 2.00 bits per heavy atom.